The second kappa shape index (κ2) is 11.5. The Morgan fingerprint density at radius 3 is 2.83 bits per heavy atom. The molecule has 1 aliphatic rings. The summed E-state index contributed by atoms with van der Waals surface area (Å²) in [5.74, 6) is 0.929. The van der Waals surface area contributed by atoms with Gasteiger partial charge in [-0.15, -0.1) is 24.8 Å². The molecule has 1 amide bonds. The smallest absolute Gasteiger partial charge is 0.245 e. The van der Waals surface area contributed by atoms with Crippen molar-refractivity contribution in [2.75, 3.05) is 26.8 Å². The van der Waals surface area contributed by atoms with Gasteiger partial charge in [-0.05, 0) is 18.4 Å². The Hall–Kier alpha value is -1.08. The lowest BCUT2D eigenvalue weighted by Gasteiger charge is -2.18. The lowest BCUT2D eigenvalue weighted by atomic mass is 9.98. The van der Waals surface area contributed by atoms with Crippen LogP contribution >= 0.6 is 24.8 Å². The maximum absolute atomic E-state index is 11.5. The number of nitrogens with one attached hydrogen (secondary N) is 1. The van der Waals surface area contributed by atoms with E-state index in [4.69, 9.17) is 9.84 Å². The number of hydrogen-bond donors (Lipinski definition) is 2. The quantitative estimate of drug-likeness (QED) is 0.753. The Morgan fingerprint density at radius 2 is 2.21 bits per heavy atom. The normalized spacial score (nSPS) is 20.0. The molecular weight excluding hydrogens is 353 g/mol. The number of amides is 1. The van der Waals surface area contributed by atoms with E-state index < -0.39 is 6.61 Å². The number of rotatable bonds is 7. The van der Waals surface area contributed by atoms with Gasteiger partial charge in [0, 0.05) is 37.9 Å². The van der Waals surface area contributed by atoms with Gasteiger partial charge in [0.05, 0.1) is 12.8 Å². The van der Waals surface area contributed by atoms with E-state index in [9.17, 15) is 4.79 Å². The first kappa shape index (κ1) is 22.9. The summed E-state index contributed by atoms with van der Waals surface area (Å²) in [4.78, 5) is 18.1. The van der Waals surface area contributed by atoms with Crippen LogP contribution in [0.2, 0.25) is 0 Å². The zero-order chi connectivity index (χ0) is 15.9. The molecule has 0 aromatic carbocycles. The molecule has 1 fully saturated rings. The molecule has 2 rings (SSSR count). The highest BCUT2D eigenvalue weighted by atomic mass is 35.5. The molecule has 1 aliphatic heterocycles. The first-order chi connectivity index (χ1) is 10.7. The van der Waals surface area contributed by atoms with Crippen molar-refractivity contribution in [3.63, 3.8) is 0 Å². The van der Waals surface area contributed by atoms with E-state index in [-0.39, 0.29) is 36.8 Å². The number of pyridine rings is 1. The summed E-state index contributed by atoms with van der Waals surface area (Å²) >= 11 is 0. The Morgan fingerprint density at radius 1 is 1.46 bits per heavy atom. The largest absolute Gasteiger partial charge is 0.497 e. The van der Waals surface area contributed by atoms with Gasteiger partial charge in [-0.3, -0.25) is 14.7 Å². The van der Waals surface area contributed by atoms with Crippen molar-refractivity contribution < 1.29 is 14.6 Å². The average Bonchev–Trinajstić information content (AvgIpc) is 2.89. The number of ether oxygens (including phenoxy) is 1. The number of aliphatic hydroxyl groups is 1. The van der Waals surface area contributed by atoms with Crippen molar-refractivity contribution in [3.05, 3.63) is 24.0 Å². The van der Waals surface area contributed by atoms with Gasteiger partial charge in [0.2, 0.25) is 5.91 Å². The van der Waals surface area contributed by atoms with Crippen molar-refractivity contribution in [1.29, 1.82) is 0 Å². The van der Waals surface area contributed by atoms with E-state index in [1.165, 1.54) is 0 Å². The molecule has 0 spiro atoms. The third kappa shape index (κ3) is 6.43. The van der Waals surface area contributed by atoms with Gasteiger partial charge in [-0.1, -0.05) is 13.3 Å². The Kier molecular flexibility index (Phi) is 11.0. The Bertz CT molecular complexity index is 505. The zero-order valence-electron chi connectivity index (χ0n) is 14.1. The molecule has 0 saturated carbocycles. The van der Waals surface area contributed by atoms with Crippen LogP contribution < -0.4 is 10.1 Å². The van der Waals surface area contributed by atoms with Gasteiger partial charge in [0.15, 0.2) is 0 Å². The lowest BCUT2D eigenvalue weighted by molar-refractivity contribution is -0.124. The standard InChI is InChI=1S/C16H25N3O3.2ClH/c1-3-4-12-8-19(10-15(12)18-16(21)11-20)9-13-7-14(22-2)5-6-17-13;;/h5-7,12,15,20H,3-4,8-11H2,1-2H3,(H,18,21);2*1H/t12-,15-;;/m0../s1. The molecule has 1 aromatic rings. The second-order valence-corrected chi connectivity index (χ2v) is 5.76. The molecule has 0 aliphatic carbocycles. The number of aromatic nitrogens is 1. The summed E-state index contributed by atoms with van der Waals surface area (Å²) in [6, 6.07) is 3.87. The van der Waals surface area contributed by atoms with Crippen molar-refractivity contribution in [3.8, 4) is 5.75 Å². The summed E-state index contributed by atoms with van der Waals surface area (Å²) in [6.07, 6.45) is 3.90. The maximum Gasteiger partial charge on any atom is 0.245 e. The number of carbonyl (C=O) groups excluding carboxylic acids is 1. The van der Waals surface area contributed by atoms with E-state index in [2.05, 4.69) is 22.1 Å². The van der Waals surface area contributed by atoms with E-state index in [1.54, 1.807) is 13.3 Å². The first-order valence-electron chi connectivity index (χ1n) is 7.77. The number of methoxy groups -OCH3 is 1. The van der Waals surface area contributed by atoms with Crippen LogP contribution in [-0.2, 0) is 11.3 Å². The van der Waals surface area contributed by atoms with Gasteiger partial charge in [0.25, 0.3) is 0 Å². The molecule has 2 N–H and O–H groups in total. The summed E-state index contributed by atoms with van der Waals surface area (Å²) < 4.78 is 5.22. The molecule has 138 valence electrons. The second-order valence-electron chi connectivity index (χ2n) is 5.76. The molecule has 8 heteroatoms. The minimum absolute atomic E-state index is 0. The van der Waals surface area contributed by atoms with Crippen LogP contribution in [0.15, 0.2) is 18.3 Å². The molecule has 0 unspecified atom stereocenters. The van der Waals surface area contributed by atoms with Gasteiger partial charge in [-0.25, -0.2) is 0 Å². The third-order valence-electron chi connectivity index (χ3n) is 4.08. The average molecular weight is 380 g/mol. The van der Waals surface area contributed by atoms with Gasteiger partial charge in [-0.2, -0.15) is 0 Å². The third-order valence-corrected chi connectivity index (χ3v) is 4.08. The molecule has 1 saturated heterocycles. The molecule has 24 heavy (non-hydrogen) atoms. The monoisotopic (exact) mass is 379 g/mol. The summed E-state index contributed by atoms with van der Waals surface area (Å²) in [5, 5.41) is 11.8. The summed E-state index contributed by atoms with van der Waals surface area (Å²) in [7, 11) is 1.65. The van der Waals surface area contributed by atoms with E-state index in [0.717, 1.165) is 43.9 Å². The van der Waals surface area contributed by atoms with E-state index >= 15 is 0 Å². The number of aliphatic hydroxyl groups excluding tert-OH is 1. The van der Waals surface area contributed by atoms with E-state index in [0.29, 0.717) is 5.92 Å². The highest BCUT2D eigenvalue weighted by molar-refractivity contribution is 5.85. The fraction of sp³-hybridized carbons (Fsp3) is 0.625. The Labute approximate surface area is 155 Å². The molecule has 6 nitrogen and oxygen atoms in total. The zero-order valence-corrected chi connectivity index (χ0v) is 15.7. The van der Waals surface area contributed by atoms with Crippen molar-refractivity contribution in [2.24, 2.45) is 5.92 Å². The van der Waals surface area contributed by atoms with Crippen LogP contribution in [0.5, 0.6) is 5.75 Å². The van der Waals surface area contributed by atoms with Crippen LogP contribution in [0.25, 0.3) is 0 Å². The number of likely N-dealkylation sites (tertiary alicyclic amines) is 1. The molecule has 1 aromatic heterocycles. The lowest BCUT2D eigenvalue weighted by Crippen LogP contribution is -2.41. The van der Waals surface area contributed by atoms with Crippen LogP contribution in [-0.4, -0.2) is 53.7 Å². The summed E-state index contributed by atoms with van der Waals surface area (Å²) in [6.45, 7) is 4.16. The number of carbonyl (C=O) groups is 1. The molecular formula is C16H27Cl2N3O3. The molecule has 0 bridgehead atoms. The SMILES string of the molecule is CCC[C@H]1CN(Cc2cc(OC)ccn2)C[C@@H]1NC(=O)CO.Cl.Cl. The number of hydrogen-bond acceptors (Lipinski definition) is 5. The number of halogens is 2. The highest BCUT2D eigenvalue weighted by Gasteiger charge is 2.33. The van der Waals surface area contributed by atoms with Gasteiger partial charge < -0.3 is 15.2 Å². The van der Waals surface area contributed by atoms with Gasteiger partial charge >= 0.3 is 0 Å². The molecule has 0 radical (unpaired) electrons. The Balaban J connectivity index is 0.00000264. The fourth-order valence-electron chi connectivity index (χ4n) is 3.07. The minimum Gasteiger partial charge on any atom is -0.497 e. The first-order valence-corrected chi connectivity index (χ1v) is 7.77. The fourth-order valence-corrected chi connectivity index (χ4v) is 3.07. The van der Waals surface area contributed by atoms with E-state index in [1.807, 2.05) is 12.1 Å². The van der Waals surface area contributed by atoms with Gasteiger partial charge in [0.1, 0.15) is 12.4 Å². The van der Waals surface area contributed by atoms with Crippen LogP contribution in [0, 0.1) is 5.92 Å². The minimum atomic E-state index is -0.452. The van der Waals surface area contributed by atoms with Crippen molar-refractivity contribution in [1.82, 2.24) is 15.2 Å². The number of nitrogens with zero attached hydrogens (tertiary/aromatic N) is 2. The molecule has 2 heterocycles. The predicted octanol–water partition coefficient (Wildman–Crippen LogP) is 1.64. The van der Waals surface area contributed by atoms with Crippen LogP contribution in [0.3, 0.4) is 0 Å². The highest BCUT2D eigenvalue weighted by Crippen LogP contribution is 2.23. The van der Waals surface area contributed by atoms with Crippen molar-refractivity contribution in [2.45, 2.75) is 32.4 Å². The maximum atomic E-state index is 11.5. The topological polar surface area (TPSA) is 74.7 Å². The summed E-state index contributed by atoms with van der Waals surface area (Å²) in [5.41, 5.74) is 0.962. The van der Waals surface area contributed by atoms with Crippen LogP contribution in [0.4, 0.5) is 0 Å². The predicted molar refractivity (Wildman–Crippen MR) is 98.0 cm³/mol. The van der Waals surface area contributed by atoms with Crippen LogP contribution in [0.1, 0.15) is 25.5 Å². The molecule has 2 atom stereocenters. The van der Waals surface area contributed by atoms with Crippen molar-refractivity contribution >= 4 is 30.7 Å².